The van der Waals surface area contributed by atoms with Crippen molar-refractivity contribution in [3.8, 4) is 0 Å². The molecule has 1 aliphatic carbocycles. The van der Waals surface area contributed by atoms with Gasteiger partial charge in [-0.25, -0.2) is 0 Å². The van der Waals surface area contributed by atoms with Gasteiger partial charge in [-0.1, -0.05) is 12.8 Å². The molecule has 4 heteroatoms. The highest BCUT2D eigenvalue weighted by atomic mass is 16.7. The quantitative estimate of drug-likeness (QED) is 0.738. The number of hydrogen-bond acceptors (Lipinski definition) is 3. The van der Waals surface area contributed by atoms with Gasteiger partial charge in [0.15, 0.2) is 0 Å². The Morgan fingerprint density at radius 3 is 3.00 bits per heavy atom. The second-order valence-corrected chi connectivity index (χ2v) is 3.87. The topological polar surface area (TPSA) is 39.1 Å². The van der Waals surface area contributed by atoms with E-state index in [1.54, 1.807) is 4.68 Å². The van der Waals surface area contributed by atoms with Crippen molar-refractivity contribution in [2.24, 2.45) is 7.05 Å². The molecule has 0 aromatic carbocycles. The Morgan fingerprint density at radius 2 is 2.36 bits per heavy atom. The zero-order chi connectivity index (χ0) is 9.80. The summed E-state index contributed by atoms with van der Waals surface area (Å²) in [4.78, 5) is 5.53. The molecule has 0 aliphatic heterocycles. The Bertz CT molecular complexity index is 279. The van der Waals surface area contributed by atoms with Crippen molar-refractivity contribution >= 4 is 0 Å². The fourth-order valence-corrected chi connectivity index (χ4v) is 1.81. The first-order chi connectivity index (χ1) is 6.84. The van der Waals surface area contributed by atoms with Crippen molar-refractivity contribution in [2.45, 2.75) is 38.3 Å². The number of nitrogens with zero attached hydrogens (tertiary/aromatic N) is 2. The number of hydroxylamine groups is 1. The van der Waals surface area contributed by atoms with Crippen molar-refractivity contribution < 1.29 is 4.84 Å². The maximum Gasteiger partial charge on any atom is 0.0790 e. The number of nitrogens with one attached hydrogen (secondary N) is 1. The van der Waals surface area contributed by atoms with E-state index in [0.29, 0.717) is 6.10 Å². The molecule has 1 aromatic heterocycles. The van der Waals surface area contributed by atoms with E-state index in [-0.39, 0.29) is 0 Å². The van der Waals surface area contributed by atoms with Crippen LogP contribution in [0.15, 0.2) is 12.4 Å². The summed E-state index contributed by atoms with van der Waals surface area (Å²) in [5.41, 5.74) is 4.16. The molecule has 0 atom stereocenters. The highest BCUT2D eigenvalue weighted by molar-refractivity contribution is 5.02. The van der Waals surface area contributed by atoms with Crippen LogP contribution in [0.2, 0.25) is 0 Å². The first kappa shape index (κ1) is 9.68. The van der Waals surface area contributed by atoms with E-state index in [2.05, 4.69) is 10.6 Å². The van der Waals surface area contributed by atoms with E-state index in [1.165, 1.54) is 25.7 Å². The highest BCUT2D eigenvalue weighted by Gasteiger charge is 2.15. The van der Waals surface area contributed by atoms with Gasteiger partial charge in [0.1, 0.15) is 0 Å². The molecule has 14 heavy (non-hydrogen) atoms. The van der Waals surface area contributed by atoms with Crippen LogP contribution in [-0.4, -0.2) is 15.9 Å². The summed E-state index contributed by atoms with van der Waals surface area (Å²) in [6.45, 7) is 0.740. The van der Waals surface area contributed by atoms with E-state index in [1.807, 2.05) is 19.4 Å². The van der Waals surface area contributed by atoms with E-state index in [0.717, 1.165) is 12.1 Å². The van der Waals surface area contributed by atoms with Gasteiger partial charge in [0.05, 0.1) is 12.3 Å². The van der Waals surface area contributed by atoms with Gasteiger partial charge in [0, 0.05) is 25.4 Å². The lowest BCUT2D eigenvalue weighted by Crippen LogP contribution is -2.21. The molecule has 1 N–H and O–H groups in total. The molecule has 1 fully saturated rings. The van der Waals surface area contributed by atoms with E-state index >= 15 is 0 Å². The predicted molar refractivity (Wildman–Crippen MR) is 53.4 cm³/mol. The Kier molecular flexibility index (Phi) is 3.16. The predicted octanol–water partition coefficient (Wildman–Crippen LogP) is 1.38. The van der Waals surface area contributed by atoms with Crippen LogP contribution in [0.5, 0.6) is 0 Å². The Balaban J connectivity index is 1.67. The number of aromatic nitrogens is 2. The van der Waals surface area contributed by atoms with Gasteiger partial charge in [-0.3, -0.25) is 9.52 Å². The largest absolute Gasteiger partial charge is 0.298 e. The molecule has 0 spiro atoms. The third-order valence-electron chi connectivity index (χ3n) is 2.59. The average molecular weight is 195 g/mol. The van der Waals surface area contributed by atoms with Crippen LogP contribution in [-0.2, 0) is 18.4 Å². The fraction of sp³-hybridized carbons (Fsp3) is 0.700. The monoisotopic (exact) mass is 195 g/mol. The van der Waals surface area contributed by atoms with Crippen molar-refractivity contribution in [2.75, 3.05) is 0 Å². The van der Waals surface area contributed by atoms with E-state index in [4.69, 9.17) is 4.84 Å². The number of rotatable bonds is 4. The van der Waals surface area contributed by atoms with Gasteiger partial charge >= 0.3 is 0 Å². The van der Waals surface area contributed by atoms with Crippen LogP contribution in [0, 0.1) is 0 Å². The summed E-state index contributed by atoms with van der Waals surface area (Å²) in [6.07, 6.45) is 9.26. The number of aryl methyl sites for hydroxylation is 1. The minimum absolute atomic E-state index is 0.423. The third-order valence-corrected chi connectivity index (χ3v) is 2.59. The van der Waals surface area contributed by atoms with Gasteiger partial charge in [0.25, 0.3) is 0 Å². The average Bonchev–Trinajstić information content (AvgIpc) is 2.77. The summed E-state index contributed by atoms with van der Waals surface area (Å²) in [5.74, 6) is 0. The Morgan fingerprint density at radius 1 is 1.57 bits per heavy atom. The van der Waals surface area contributed by atoms with Crippen LogP contribution in [0.4, 0.5) is 0 Å². The first-order valence-electron chi connectivity index (χ1n) is 5.20. The lowest BCUT2D eigenvalue weighted by atomic mass is 10.3. The number of hydrogen-bond donors (Lipinski definition) is 1. The minimum Gasteiger partial charge on any atom is -0.298 e. The van der Waals surface area contributed by atoms with Gasteiger partial charge in [-0.2, -0.15) is 10.6 Å². The standard InChI is InChI=1S/C10H17N3O/c1-13-8-9(6-11-13)7-12-14-10-4-2-3-5-10/h6,8,10,12H,2-5,7H2,1H3. The molecule has 0 amide bonds. The molecular formula is C10H17N3O. The van der Waals surface area contributed by atoms with Gasteiger partial charge in [-0.15, -0.1) is 0 Å². The van der Waals surface area contributed by atoms with Crippen molar-refractivity contribution in [3.05, 3.63) is 18.0 Å². The summed E-state index contributed by atoms with van der Waals surface area (Å²) in [7, 11) is 1.92. The molecule has 0 unspecified atom stereocenters. The van der Waals surface area contributed by atoms with Crippen LogP contribution in [0.25, 0.3) is 0 Å². The molecule has 78 valence electrons. The lowest BCUT2D eigenvalue weighted by molar-refractivity contribution is -0.0244. The molecule has 1 heterocycles. The second-order valence-electron chi connectivity index (χ2n) is 3.87. The summed E-state index contributed by atoms with van der Waals surface area (Å²) >= 11 is 0. The third kappa shape index (κ3) is 2.56. The molecule has 0 bridgehead atoms. The van der Waals surface area contributed by atoms with Gasteiger partial charge in [-0.05, 0) is 12.8 Å². The molecular weight excluding hydrogens is 178 g/mol. The van der Waals surface area contributed by atoms with Gasteiger partial charge in [0.2, 0.25) is 0 Å². The van der Waals surface area contributed by atoms with Crippen LogP contribution < -0.4 is 5.48 Å². The molecule has 0 radical (unpaired) electrons. The molecule has 4 nitrogen and oxygen atoms in total. The van der Waals surface area contributed by atoms with Crippen molar-refractivity contribution in [1.29, 1.82) is 0 Å². The SMILES string of the molecule is Cn1cc(CNOC2CCCC2)cn1. The molecule has 1 saturated carbocycles. The molecule has 2 rings (SSSR count). The summed E-state index contributed by atoms with van der Waals surface area (Å²) in [5, 5.41) is 4.09. The smallest absolute Gasteiger partial charge is 0.0790 e. The zero-order valence-electron chi connectivity index (χ0n) is 8.57. The maximum atomic E-state index is 5.53. The molecule has 1 aliphatic rings. The maximum absolute atomic E-state index is 5.53. The summed E-state index contributed by atoms with van der Waals surface area (Å²) in [6, 6.07) is 0. The van der Waals surface area contributed by atoms with Crippen LogP contribution in [0.3, 0.4) is 0 Å². The highest BCUT2D eigenvalue weighted by Crippen LogP contribution is 2.19. The normalized spacial score (nSPS) is 17.8. The molecule has 0 saturated heterocycles. The van der Waals surface area contributed by atoms with Crippen LogP contribution in [0.1, 0.15) is 31.2 Å². The second kappa shape index (κ2) is 4.57. The fourth-order valence-electron chi connectivity index (χ4n) is 1.81. The Hall–Kier alpha value is -0.870. The summed E-state index contributed by atoms with van der Waals surface area (Å²) < 4.78 is 1.80. The molecule has 1 aromatic rings. The first-order valence-corrected chi connectivity index (χ1v) is 5.20. The minimum atomic E-state index is 0.423. The van der Waals surface area contributed by atoms with Crippen molar-refractivity contribution in [3.63, 3.8) is 0 Å². The van der Waals surface area contributed by atoms with Crippen molar-refractivity contribution in [1.82, 2.24) is 15.3 Å². The van der Waals surface area contributed by atoms with E-state index in [9.17, 15) is 0 Å². The Labute approximate surface area is 84.2 Å². The van der Waals surface area contributed by atoms with E-state index < -0.39 is 0 Å². The van der Waals surface area contributed by atoms with Crippen LogP contribution >= 0.6 is 0 Å². The zero-order valence-corrected chi connectivity index (χ0v) is 8.57. The van der Waals surface area contributed by atoms with Gasteiger partial charge < -0.3 is 0 Å². The lowest BCUT2D eigenvalue weighted by Gasteiger charge is -2.10.